The number of carbonyl (C=O) groups excluding carboxylic acids is 2. The van der Waals surface area contributed by atoms with E-state index in [1.807, 2.05) is 0 Å². The molecule has 2 atom stereocenters. The number of hydrogen-bond acceptors (Lipinski definition) is 5. The Morgan fingerprint density at radius 3 is 2.53 bits per heavy atom. The lowest BCUT2D eigenvalue weighted by atomic mass is 10.1. The molecule has 7 nitrogen and oxygen atoms in total. The van der Waals surface area contributed by atoms with Crippen molar-refractivity contribution in [3.05, 3.63) is 11.5 Å². The van der Waals surface area contributed by atoms with Gasteiger partial charge in [0.05, 0.1) is 24.4 Å². The second-order valence-electron chi connectivity index (χ2n) is 4.82. The van der Waals surface area contributed by atoms with E-state index in [1.165, 1.54) is 6.08 Å². The Balaban J connectivity index is 2.34. The van der Waals surface area contributed by atoms with Gasteiger partial charge in [-0.1, -0.05) is 13.8 Å². The van der Waals surface area contributed by atoms with Crippen molar-refractivity contribution >= 4 is 21.7 Å². The van der Waals surface area contributed by atoms with Crippen molar-refractivity contribution in [2.75, 3.05) is 12.3 Å². The van der Waals surface area contributed by atoms with Crippen molar-refractivity contribution in [1.29, 1.82) is 0 Å². The van der Waals surface area contributed by atoms with E-state index < -0.39 is 33.7 Å². The van der Waals surface area contributed by atoms with Crippen molar-refractivity contribution in [2.24, 2.45) is 11.7 Å². The Kier molecular flexibility index (Phi) is 5.07. The summed E-state index contributed by atoms with van der Waals surface area (Å²) in [6, 6.07) is -1.20. The van der Waals surface area contributed by atoms with Crippen LogP contribution in [0.15, 0.2) is 11.5 Å². The SMILES string of the molecule is CC(C)[C@H](N)C(=O)NCC(=O)NC1C=CS(=O)(=O)C1. The zero-order valence-electron chi connectivity index (χ0n) is 10.9. The summed E-state index contributed by atoms with van der Waals surface area (Å²) in [5.74, 6) is -1.01. The summed E-state index contributed by atoms with van der Waals surface area (Å²) < 4.78 is 22.3. The van der Waals surface area contributed by atoms with Gasteiger partial charge < -0.3 is 16.4 Å². The molecule has 0 aromatic rings. The van der Waals surface area contributed by atoms with Crippen molar-refractivity contribution < 1.29 is 18.0 Å². The quantitative estimate of drug-likeness (QED) is 0.570. The van der Waals surface area contributed by atoms with Gasteiger partial charge in [-0.25, -0.2) is 8.42 Å². The van der Waals surface area contributed by atoms with Gasteiger partial charge in [-0.2, -0.15) is 0 Å². The molecule has 8 heteroatoms. The molecule has 0 spiro atoms. The highest BCUT2D eigenvalue weighted by atomic mass is 32.2. The molecule has 0 aromatic carbocycles. The van der Waals surface area contributed by atoms with Gasteiger partial charge in [-0.05, 0) is 12.0 Å². The predicted octanol–water partition coefficient (Wildman–Crippen LogP) is -1.49. The van der Waals surface area contributed by atoms with Gasteiger partial charge in [0.2, 0.25) is 11.8 Å². The molecular weight excluding hydrogens is 270 g/mol. The Morgan fingerprint density at radius 2 is 2.05 bits per heavy atom. The van der Waals surface area contributed by atoms with E-state index in [9.17, 15) is 18.0 Å². The van der Waals surface area contributed by atoms with E-state index in [0.717, 1.165) is 5.41 Å². The zero-order chi connectivity index (χ0) is 14.6. The molecule has 0 fully saturated rings. The van der Waals surface area contributed by atoms with Crippen molar-refractivity contribution in [1.82, 2.24) is 10.6 Å². The van der Waals surface area contributed by atoms with Gasteiger partial charge >= 0.3 is 0 Å². The molecule has 108 valence electrons. The largest absolute Gasteiger partial charge is 0.347 e. The van der Waals surface area contributed by atoms with Gasteiger partial charge in [-0.3, -0.25) is 9.59 Å². The Morgan fingerprint density at radius 1 is 1.42 bits per heavy atom. The van der Waals surface area contributed by atoms with Crippen LogP contribution in [0.5, 0.6) is 0 Å². The average Bonchev–Trinajstić information content (AvgIpc) is 2.64. The molecule has 0 bridgehead atoms. The molecule has 1 aliphatic heterocycles. The molecule has 0 saturated carbocycles. The van der Waals surface area contributed by atoms with E-state index in [0.29, 0.717) is 0 Å². The van der Waals surface area contributed by atoms with E-state index in [1.54, 1.807) is 13.8 Å². The highest BCUT2D eigenvalue weighted by Crippen LogP contribution is 2.07. The lowest BCUT2D eigenvalue weighted by molar-refractivity contribution is -0.127. The highest BCUT2D eigenvalue weighted by molar-refractivity contribution is 7.94. The van der Waals surface area contributed by atoms with E-state index in [4.69, 9.17) is 5.73 Å². The summed E-state index contributed by atoms with van der Waals surface area (Å²) in [5, 5.41) is 5.98. The van der Waals surface area contributed by atoms with Crippen LogP contribution in [0.4, 0.5) is 0 Å². The van der Waals surface area contributed by atoms with Gasteiger partial charge in [0.1, 0.15) is 0 Å². The van der Waals surface area contributed by atoms with Crippen LogP contribution in [-0.4, -0.2) is 44.6 Å². The molecule has 19 heavy (non-hydrogen) atoms. The molecule has 1 unspecified atom stereocenters. The Bertz CT molecular complexity index is 484. The van der Waals surface area contributed by atoms with Gasteiger partial charge in [-0.15, -0.1) is 0 Å². The number of rotatable bonds is 5. The van der Waals surface area contributed by atoms with Crippen LogP contribution in [0.25, 0.3) is 0 Å². The summed E-state index contributed by atoms with van der Waals surface area (Å²) in [6.45, 7) is 3.39. The number of nitrogens with one attached hydrogen (secondary N) is 2. The average molecular weight is 289 g/mol. The molecule has 0 saturated heterocycles. The number of carbonyl (C=O) groups is 2. The third-order valence-corrected chi connectivity index (χ3v) is 4.12. The first-order valence-corrected chi connectivity index (χ1v) is 7.66. The number of hydrogen-bond donors (Lipinski definition) is 3. The van der Waals surface area contributed by atoms with Gasteiger partial charge in [0.25, 0.3) is 0 Å². The van der Waals surface area contributed by atoms with Gasteiger partial charge in [0.15, 0.2) is 9.84 Å². The maximum absolute atomic E-state index is 11.5. The van der Waals surface area contributed by atoms with Crippen LogP contribution in [0.1, 0.15) is 13.8 Å². The highest BCUT2D eigenvalue weighted by Gasteiger charge is 2.23. The minimum absolute atomic E-state index is 0.0223. The molecule has 1 rings (SSSR count). The van der Waals surface area contributed by atoms with Crippen molar-refractivity contribution in [3.63, 3.8) is 0 Å². The predicted molar refractivity (Wildman–Crippen MR) is 70.7 cm³/mol. The summed E-state index contributed by atoms with van der Waals surface area (Å²) in [6.07, 6.45) is 1.41. The molecule has 4 N–H and O–H groups in total. The topological polar surface area (TPSA) is 118 Å². The smallest absolute Gasteiger partial charge is 0.239 e. The van der Waals surface area contributed by atoms with Gasteiger partial charge in [0, 0.05) is 5.41 Å². The van der Waals surface area contributed by atoms with Crippen LogP contribution < -0.4 is 16.4 Å². The second-order valence-corrected chi connectivity index (χ2v) is 6.75. The summed E-state index contributed by atoms with van der Waals surface area (Å²) >= 11 is 0. The number of sulfone groups is 1. The molecule has 0 aliphatic carbocycles. The fourth-order valence-electron chi connectivity index (χ4n) is 1.51. The van der Waals surface area contributed by atoms with Crippen LogP contribution in [-0.2, 0) is 19.4 Å². The minimum atomic E-state index is -3.20. The normalized spacial score (nSPS) is 22.2. The third kappa shape index (κ3) is 4.99. The monoisotopic (exact) mass is 289 g/mol. The molecule has 1 heterocycles. The second kappa shape index (κ2) is 6.16. The molecule has 2 amide bonds. The van der Waals surface area contributed by atoms with Crippen LogP contribution in [0, 0.1) is 5.92 Å². The molecule has 1 aliphatic rings. The third-order valence-electron chi connectivity index (χ3n) is 2.72. The van der Waals surface area contributed by atoms with Crippen LogP contribution in [0.3, 0.4) is 0 Å². The van der Waals surface area contributed by atoms with E-state index in [-0.39, 0.29) is 18.2 Å². The maximum atomic E-state index is 11.5. The molecule has 0 radical (unpaired) electrons. The van der Waals surface area contributed by atoms with E-state index >= 15 is 0 Å². The first kappa shape index (κ1) is 15.6. The van der Waals surface area contributed by atoms with Crippen molar-refractivity contribution in [3.8, 4) is 0 Å². The lowest BCUT2D eigenvalue weighted by Gasteiger charge is -2.16. The van der Waals surface area contributed by atoms with E-state index in [2.05, 4.69) is 10.6 Å². The Labute approximate surface area is 112 Å². The summed E-state index contributed by atoms with van der Waals surface area (Å²) in [7, 11) is -3.20. The maximum Gasteiger partial charge on any atom is 0.239 e. The zero-order valence-corrected chi connectivity index (χ0v) is 11.7. The summed E-state index contributed by atoms with van der Waals surface area (Å²) in [4.78, 5) is 23.0. The Hall–Kier alpha value is -1.41. The molecule has 0 aromatic heterocycles. The minimum Gasteiger partial charge on any atom is -0.347 e. The van der Waals surface area contributed by atoms with Crippen LogP contribution in [0.2, 0.25) is 0 Å². The fraction of sp³-hybridized carbons (Fsp3) is 0.636. The standard InChI is InChI=1S/C11H19N3O4S/c1-7(2)10(12)11(16)13-5-9(15)14-8-3-4-19(17,18)6-8/h3-4,7-8,10H,5-6,12H2,1-2H3,(H,13,16)(H,14,15)/t8?,10-/m0/s1. The molecular formula is C11H19N3O4S. The lowest BCUT2D eigenvalue weighted by Crippen LogP contribution is -2.48. The fourth-order valence-corrected chi connectivity index (χ4v) is 2.75. The first-order valence-electron chi connectivity index (χ1n) is 5.95. The number of nitrogens with two attached hydrogens (primary N) is 1. The van der Waals surface area contributed by atoms with Crippen molar-refractivity contribution in [2.45, 2.75) is 25.9 Å². The summed E-state index contributed by atoms with van der Waals surface area (Å²) in [5.41, 5.74) is 5.61. The van der Waals surface area contributed by atoms with Crippen LogP contribution >= 0.6 is 0 Å². The number of amides is 2. The first-order chi connectivity index (χ1) is 8.71.